The summed E-state index contributed by atoms with van der Waals surface area (Å²) in [5.74, 6) is 2.26. The minimum atomic E-state index is 0.199. The van der Waals surface area contributed by atoms with Crippen LogP contribution < -0.4 is 10.6 Å². The molecular formula is C28H31N7O2. The SMILES string of the molecule is CC(C)CCC(=O)Cc1cccc(-c2cnc3c(N4CCOCC4)nc(-c4cnc(N)nc4)nc3c2)c1. The van der Waals surface area contributed by atoms with Crippen LogP contribution in [0.15, 0.2) is 48.9 Å². The summed E-state index contributed by atoms with van der Waals surface area (Å²) in [6.07, 6.45) is 7.07. The topological polar surface area (TPSA) is 120 Å². The monoisotopic (exact) mass is 497 g/mol. The van der Waals surface area contributed by atoms with E-state index in [1.807, 2.05) is 30.5 Å². The van der Waals surface area contributed by atoms with Crippen LogP contribution in [0.5, 0.6) is 0 Å². The van der Waals surface area contributed by atoms with Gasteiger partial charge in [0.15, 0.2) is 11.6 Å². The lowest BCUT2D eigenvalue weighted by atomic mass is 9.98. The molecule has 1 aliphatic heterocycles. The number of fused-ring (bicyclic) bond motifs is 1. The number of benzene rings is 1. The molecule has 0 bridgehead atoms. The highest BCUT2D eigenvalue weighted by molar-refractivity contribution is 5.90. The van der Waals surface area contributed by atoms with Crippen molar-refractivity contribution in [3.8, 4) is 22.5 Å². The number of hydrogen-bond donors (Lipinski definition) is 1. The van der Waals surface area contributed by atoms with Crippen molar-refractivity contribution in [3.63, 3.8) is 0 Å². The van der Waals surface area contributed by atoms with Gasteiger partial charge in [-0.1, -0.05) is 38.1 Å². The van der Waals surface area contributed by atoms with Crippen LogP contribution in [0.2, 0.25) is 0 Å². The molecule has 0 saturated carbocycles. The highest BCUT2D eigenvalue weighted by atomic mass is 16.5. The second kappa shape index (κ2) is 11.0. The molecule has 5 rings (SSSR count). The number of nitrogen functional groups attached to an aromatic ring is 1. The number of nitrogens with zero attached hydrogens (tertiary/aromatic N) is 6. The normalized spacial score (nSPS) is 13.9. The van der Waals surface area contributed by atoms with Crippen molar-refractivity contribution >= 4 is 28.6 Å². The van der Waals surface area contributed by atoms with Gasteiger partial charge < -0.3 is 15.4 Å². The number of carbonyl (C=O) groups is 1. The van der Waals surface area contributed by atoms with Gasteiger partial charge in [0.25, 0.3) is 0 Å². The summed E-state index contributed by atoms with van der Waals surface area (Å²) in [7, 11) is 0. The third-order valence-corrected chi connectivity index (χ3v) is 6.42. The molecule has 1 aliphatic rings. The zero-order valence-corrected chi connectivity index (χ0v) is 21.2. The molecule has 3 aromatic heterocycles. The van der Waals surface area contributed by atoms with Crippen molar-refractivity contribution in [2.75, 3.05) is 36.9 Å². The van der Waals surface area contributed by atoms with E-state index in [4.69, 9.17) is 25.4 Å². The van der Waals surface area contributed by atoms with Gasteiger partial charge in [0, 0.05) is 50.1 Å². The molecule has 4 heterocycles. The van der Waals surface area contributed by atoms with Crippen LogP contribution in [0.25, 0.3) is 33.5 Å². The first-order valence-corrected chi connectivity index (χ1v) is 12.7. The quantitative estimate of drug-likeness (QED) is 0.383. The summed E-state index contributed by atoms with van der Waals surface area (Å²) in [5, 5.41) is 0. The molecule has 4 aromatic rings. The Labute approximate surface area is 216 Å². The Morgan fingerprint density at radius 3 is 2.51 bits per heavy atom. The second-order valence-corrected chi connectivity index (χ2v) is 9.74. The Balaban J connectivity index is 1.52. The van der Waals surface area contributed by atoms with Crippen molar-refractivity contribution < 1.29 is 9.53 Å². The van der Waals surface area contributed by atoms with Gasteiger partial charge in [-0.2, -0.15) is 0 Å². The summed E-state index contributed by atoms with van der Waals surface area (Å²) >= 11 is 0. The van der Waals surface area contributed by atoms with E-state index in [9.17, 15) is 4.79 Å². The molecule has 0 unspecified atom stereocenters. The largest absolute Gasteiger partial charge is 0.378 e. The van der Waals surface area contributed by atoms with E-state index in [1.54, 1.807) is 12.4 Å². The molecule has 9 heteroatoms. The van der Waals surface area contributed by atoms with Crippen molar-refractivity contribution in [2.24, 2.45) is 5.92 Å². The predicted molar refractivity (Wildman–Crippen MR) is 144 cm³/mol. The fourth-order valence-electron chi connectivity index (χ4n) is 4.37. The molecule has 0 spiro atoms. The van der Waals surface area contributed by atoms with Gasteiger partial charge in [-0.15, -0.1) is 0 Å². The molecule has 9 nitrogen and oxygen atoms in total. The minimum absolute atomic E-state index is 0.199. The van der Waals surface area contributed by atoms with Crippen LogP contribution in [-0.4, -0.2) is 57.0 Å². The molecule has 1 fully saturated rings. The average Bonchev–Trinajstić information content (AvgIpc) is 2.92. The number of Topliss-reactive ketones (excluding diaryl/α,β-unsaturated/α-hetero) is 1. The maximum Gasteiger partial charge on any atom is 0.219 e. The van der Waals surface area contributed by atoms with Crippen LogP contribution in [0.1, 0.15) is 32.3 Å². The van der Waals surface area contributed by atoms with Gasteiger partial charge in [-0.05, 0) is 29.5 Å². The zero-order valence-electron chi connectivity index (χ0n) is 21.2. The maximum atomic E-state index is 12.5. The smallest absolute Gasteiger partial charge is 0.219 e. The Morgan fingerprint density at radius 1 is 1.00 bits per heavy atom. The number of carbonyl (C=O) groups excluding carboxylic acids is 1. The van der Waals surface area contributed by atoms with Crippen LogP contribution in [-0.2, 0) is 16.0 Å². The fourth-order valence-corrected chi connectivity index (χ4v) is 4.37. The molecule has 190 valence electrons. The third kappa shape index (κ3) is 5.89. The van der Waals surface area contributed by atoms with Crippen LogP contribution in [0.4, 0.5) is 11.8 Å². The van der Waals surface area contributed by atoms with Gasteiger partial charge in [-0.25, -0.2) is 19.9 Å². The number of nitrogens with two attached hydrogens (primary N) is 1. The van der Waals surface area contributed by atoms with E-state index in [0.29, 0.717) is 43.4 Å². The lowest BCUT2D eigenvalue weighted by molar-refractivity contribution is -0.118. The lowest BCUT2D eigenvalue weighted by Gasteiger charge is -2.28. The third-order valence-electron chi connectivity index (χ3n) is 6.42. The number of morpholine rings is 1. The van der Waals surface area contributed by atoms with E-state index in [0.717, 1.165) is 53.1 Å². The number of hydrogen-bond acceptors (Lipinski definition) is 9. The molecule has 2 N–H and O–H groups in total. The van der Waals surface area contributed by atoms with Crippen molar-refractivity contribution in [3.05, 3.63) is 54.5 Å². The average molecular weight is 498 g/mol. The van der Waals surface area contributed by atoms with E-state index in [2.05, 4.69) is 34.8 Å². The molecule has 1 saturated heterocycles. The van der Waals surface area contributed by atoms with Gasteiger partial charge >= 0.3 is 0 Å². The van der Waals surface area contributed by atoms with Crippen molar-refractivity contribution in [2.45, 2.75) is 33.1 Å². The second-order valence-electron chi connectivity index (χ2n) is 9.74. The first kappa shape index (κ1) is 24.7. The van der Waals surface area contributed by atoms with E-state index < -0.39 is 0 Å². The lowest BCUT2D eigenvalue weighted by Crippen LogP contribution is -2.37. The van der Waals surface area contributed by atoms with Crippen LogP contribution in [0.3, 0.4) is 0 Å². The van der Waals surface area contributed by atoms with Crippen molar-refractivity contribution in [1.29, 1.82) is 0 Å². The number of pyridine rings is 1. The molecule has 0 atom stereocenters. The number of aromatic nitrogens is 5. The fraction of sp³-hybridized carbons (Fsp3) is 0.357. The number of anilines is 2. The Kier molecular flexibility index (Phi) is 7.32. The molecule has 0 aliphatic carbocycles. The predicted octanol–water partition coefficient (Wildman–Crippen LogP) is 4.12. The van der Waals surface area contributed by atoms with Crippen LogP contribution >= 0.6 is 0 Å². The number of ketones is 1. The van der Waals surface area contributed by atoms with E-state index in [-0.39, 0.29) is 11.7 Å². The first-order chi connectivity index (χ1) is 18.0. The van der Waals surface area contributed by atoms with E-state index in [1.165, 1.54) is 0 Å². The molecule has 1 aromatic carbocycles. The highest BCUT2D eigenvalue weighted by Crippen LogP contribution is 2.30. The van der Waals surface area contributed by atoms with Crippen molar-refractivity contribution in [1.82, 2.24) is 24.9 Å². The first-order valence-electron chi connectivity index (χ1n) is 12.7. The van der Waals surface area contributed by atoms with Gasteiger partial charge in [0.1, 0.15) is 11.3 Å². The van der Waals surface area contributed by atoms with E-state index >= 15 is 0 Å². The number of rotatable bonds is 8. The molecule has 0 amide bonds. The molecule has 37 heavy (non-hydrogen) atoms. The Bertz CT molecular complexity index is 1400. The molecule has 0 radical (unpaired) electrons. The minimum Gasteiger partial charge on any atom is -0.378 e. The standard InChI is InChI=1S/C28H31N7O2/c1-18(2)6-7-23(36)13-19-4-3-5-20(12-19)21-14-24-25(30-15-21)27(35-8-10-37-11-9-35)34-26(33-24)22-16-31-28(29)32-17-22/h3-5,12,14-18H,6-11,13H2,1-2H3,(H2,29,31,32). The maximum absolute atomic E-state index is 12.5. The summed E-state index contributed by atoms with van der Waals surface area (Å²) in [4.78, 5) is 37.3. The summed E-state index contributed by atoms with van der Waals surface area (Å²) in [5.41, 5.74) is 10.7. The Morgan fingerprint density at radius 2 is 1.76 bits per heavy atom. The zero-order chi connectivity index (χ0) is 25.8. The summed E-state index contributed by atoms with van der Waals surface area (Å²) in [6, 6.07) is 10.1. The Hall–Kier alpha value is -3.98. The highest BCUT2D eigenvalue weighted by Gasteiger charge is 2.20. The summed E-state index contributed by atoms with van der Waals surface area (Å²) < 4.78 is 5.54. The summed E-state index contributed by atoms with van der Waals surface area (Å²) in [6.45, 7) is 6.99. The van der Waals surface area contributed by atoms with Crippen LogP contribution in [0, 0.1) is 5.92 Å². The van der Waals surface area contributed by atoms with Gasteiger partial charge in [-0.3, -0.25) is 9.78 Å². The number of ether oxygens (including phenoxy) is 1. The molecular weight excluding hydrogens is 466 g/mol. The van der Waals surface area contributed by atoms with Gasteiger partial charge in [0.05, 0.1) is 24.3 Å². The van der Waals surface area contributed by atoms with Gasteiger partial charge in [0.2, 0.25) is 5.95 Å².